The Labute approximate surface area is 177 Å². The standard InChI is InChI=1S/C26H29N3O/c1-29-11-9-26(10-12-29)15-24(30)21-7-5-18(14-23(21)26)22-16-27-25-20(22)8-6-19(28-25)13-17-3-2-4-17/h5-8,14,16-17H,2-4,9-13,15H2,1H3,(H,27,28). The van der Waals surface area contributed by atoms with Crippen LogP contribution < -0.4 is 0 Å². The Bertz CT molecular complexity index is 1130. The first-order chi connectivity index (χ1) is 14.6. The molecule has 1 aliphatic heterocycles. The van der Waals surface area contributed by atoms with E-state index in [1.54, 1.807) is 0 Å². The van der Waals surface area contributed by atoms with Gasteiger partial charge in [-0.25, -0.2) is 4.98 Å². The second-order valence-corrected chi connectivity index (χ2v) is 9.85. The first-order valence-corrected chi connectivity index (χ1v) is 11.4. The molecule has 0 radical (unpaired) electrons. The average molecular weight is 400 g/mol. The van der Waals surface area contributed by atoms with E-state index in [0.717, 1.165) is 49.5 Å². The van der Waals surface area contributed by atoms with Crippen LogP contribution in [0.3, 0.4) is 0 Å². The summed E-state index contributed by atoms with van der Waals surface area (Å²) >= 11 is 0. The van der Waals surface area contributed by atoms with E-state index in [-0.39, 0.29) is 5.41 Å². The second-order valence-electron chi connectivity index (χ2n) is 9.85. The van der Waals surface area contributed by atoms with Crippen LogP contribution in [0, 0.1) is 5.92 Å². The summed E-state index contributed by atoms with van der Waals surface area (Å²) in [4.78, 5) is 23.4. The van der Waals surface area contributed by atoms with Gasteiger partial charge in [0, 0.05) is 40.2 Å². The van der Waals surface area contributed by atoms with Gasteiger partial charge in [-0.15, -0.1) is 0 Å². The largest absolute Gasteiger partial charge is 0.346 e. The topological polar surface area (TPSA) is 49.0 Å². The number of piperidine rings is 1. The maximum atomic E-state index is 12.8. The van der Waals surface area contributed by atoms with E-state index in [2.05, 4.69) is 53.5 Å². The third kappa shape index (κ3) is 2.84. The zero-order chi connectivity index (χ0) is 20.3. The molecule has 2 aromatic heterocycles. The third-order valence-corrected chi connectivity index (χ3v) is 7.96. The molecule has 3 heterocycles. The number of nitrogens with one attached hydrogen (secondary N) is 1. The van der Waals surface area contributed by atoms with E-state index in [0.29, 0.717) is 12.2 Å². The number of Topliss-reactive ketones (excluding diaryl/α,β-unsaturated/α-hetero) is 1. The number of carbonyl (C=O) groups excluding carboxylic acids is 1. The van der Waals surface area contributed by atoms with Crippen molar-refractivity contribution in [2.24, 2.45) is 5.92 Å². The number of pyridine rings is 1. The zero-order valence-electron chi connectivity index (χ0n) is 17.7. The van der Waals surface area contributed by atoms with Crippen molar-refractivity contribution < 1.29 is 4.79 Å². The maximum absolute atomic E-state index is 12.8. The molecule has 1 N–H and O–H groups in total. The summed E-state index contributed by atoms with van der Waals surface area (Å²) in [6.45, 7) is 2.13. The van der Waals surface area contributed by atoms with Gasteiger partial charge in [0.15, 0.2) is 5.78 Å². The van der Waals surface area contributed by atoms with E-state index >= 15 is 0 Å². The van der Waals surface area contributed by atoms with Gasteiger partial charge in [-0.05, 0) is 74.6 Å². The van der Waals surface area contributed by atoms with Crippen molar-refractivity contribution in [3.8, 4) is 11.1 Å². The SMILES string of the molecule is CN1CCC2(CC1)CC(=O)c1ccc(-c3c[nH]c4nc(CC5CCC5)ccc34)cc12. The van der Waals surface area contributed by atoms with Gasteiger partial charge >= 0.3 is 0 Å². The number of ketones is 1. The summed E-state index contributed by atoms with van der Waals surface area (Å²) in [5.74, 6) is 1.15. The number of rotatable bonds is 3. The van der Waals surface area contributed by atoms with Crippen molar-refractivity contribution in [1.29, 1.82) is 0 Å². The van der Waals surface area contributed by atoms with Gasteiger partial charge in [0.05, 0.1) is 0 Å². The van der Waals surface area contributed by atoms with Crippen LogP contribution in [-0.2, 0) is 11.8 Å². The number of benzene rings is 1. The van der Waals surface area contributed by atoms with Crippen LogP contribution in [0.4, 0.5) is 0 Å². The normalized spacial score (nSPS) is 21.3. The number of H-pyrrole nitrogens is 1. The number of aromatic amines is 1. The van der Waals surface area contributed by atoms with Crippen molar-refractivity contribution in [2.75, 3.05) is 20.1 Å². The molecule has 3 aliphatic rings. The Morgan fingerprint density at radius 3 is 2.73 bits per heavy atom. The lowest BCUT2D eigenvalue weighted by Crippen LogP contribution is -2.39. The highest BCUT2D eigenvalue weighted by molar-refractivity contribution is 6.03. The smallest absolute Gasteiger partial charge is 0.164 e. The predicted octanol–water partition coefficient (Wildman–Crippen LogP) is 5.12. The highest BCUT2D eigenvalue weighted by atomic mass is 16.1. The molecular formula is C26H29N3O. The molecule has 1 spiro atoms. The number of nitrogens with zero attached hydrogens (tertiary/aromatic N) is 2. The minimum Gasteiger partial charge on any atom is -0.346 e. The highest BCUT2D eigenvalue weighted by Crippen LogP contribution is 2.47. The second kappa shape index (κ2) is 6.78. The van der Waals surface area contributed by atoms with E-state index in [1.165, 1.54) is 47.0 Å². The lowest BCUT2D eigenvalue weighted by molar-refractivity contribution is 0.0945. The summed E-state index contributed by atoms with van der Waals surface area (Å²) in [6.07, 6.45) is 10.1. The first-order valence-electron chi connectivity index (χ1n) is 11.4. The number of hydrogen-bond donors (Lipinski definition) is 1. The molecule has 30 heavy (non-hydrogen) atoms. The van der Waals surface area contributed by atoms with Gasteiger partial charge in [-0.3, -0.25) is 4.79 Å². The molecule has 2 aliphatic carbocycles. The molecule has 1 saturated heterocycles. The van der Waals surface area contributed by atoms with Crippen molar-refractivity contribution in [1.82, 2.24) is 14.9 Å². The zero-order valence-corrected chi connectivity index (χ0v) is 17.7. The van der Waals surface area contributed by atoms with E-state index in [9.17, 15) is 4.79 Å². The van der Waals surface area contributed by atoms with Crippen LogP contribution in [0.2, 0.25) is 0 Å². The Balaban J connectivity index is 1.37. The van der Waals surface area contributed by atoms with Gasteiger partial charge in [0.1, 0.15) is 5.65 Å². The summed E-state index contributed by atoms with van der Waals surface area (Å²) in [5.41, 5.74) is 6.83. The minimum atomic E-state index is 0.0369. The molecule has 2 fully saturated rings. The minimum absolute atomic E-state index is 0.0369. The molecule has 4 nitrogen and oxygen atoms in total. The Morgan fingerprint density at radius 2 is 1.97 bits per heavy atom. The van der Waals surface area contributed by atoms with Crippen LogP contribution in [0.1, 0.15) is 60.1 Å². The number of likely N-dealkylation sites (tertiary alicyclic amines) is 1. The molecule has 154 valence electrons. The number of hydrogen-bond acceptors (Lipinski definition) is 3. The first kappa shape index (κ1) is 18.3. The number of carbonyl (C=O) groups is 1. The van der Waals surface area contributed by atoms with E-state index in [4.69, 9.17) is 4.98 Å². The molecule has 1 aromatic carbocycles. The predicted molar refractivity (Wildman–Crippen MR) is 120 cm³/mol. The van der Waals surface area contributed by atoms with Gasteiger partial charge in [-0.2, -0.15) is 0 Å². The lowest BCUT2D eigenvalue weighted by atomic mass is 9.73. The lowest BCUT2D eigenvalue weighted by Gasteiger charge is -2.38. The molecule has 0 atom stereocenters. The molecule has 6 rings (SSSR count). The number of aromatic nitrogens is 2. The molecule has 0 unspecified atom stereocenters. The fraction of sp³-hybridized carbons (Fsp3) is 0.462. The molecule has 3 aromatic rings. The quantitative estimate of drug-likeness (QED) is 0.665. The van der Waals surface area contributed by atoms with Gasteiger partial charge < -0.3 is 9.88 Å². The van der Waals surface area contributed by atoms with Crippen LogP contribution in [0.15, 0.2) is 36.5 Å². The summed E-state index contributed by atoms with van der Waals surface area (Å²) in [7, 11) is 2.18. The molecule has 1 saturated carbocycles. The van der Waals surface area contributed by atoms with Crippen LogP contribution in [-0.4, -0.2) is 40.8 Å². The fourth-order valence-corrected chi connectivity index (χ4v) is 5.77. The Morgan fingerprint density at radius 1 is 1.13 bits per heavy atom. The van der Waals surface area contributed by atoms with Crippen LogP contribution in [0.5, 0.6) is 0 Å². The fourth-order valence-electron chi connectivity index (χ4n) is 5.77. The summed E-state index contributed by atoms with van der Waals surface area (Å²) in [6, 6.07) is 10.9. The molecule has 0 bridgehead atoms. The van der Waals surface area contributed by atoms with Gasteiger partial charge in [0.2, 0.25) is 0 Å². The molecular weight excluding hydrogens is 370 g/mol. The van der Waals surface area contributed by atoms with Crippen molar-refractivity contribution in [3.63, 3.8) is 0 Å². The number of fused-ring (bicyclic) bond motifs is 3. The van der Waals surface area contributed by atoms with Crippen molar-refractivity contribution >= 4 is 16.8 Å². The highest BCUT2D eigenvalue weighted by Gasteiger charge is 2.44. The van der Waals surface area contributed by atoms with Gasteiger partial charge in [-0.1, -0.05) is 31.4 Å². The summed E-state index contributed by atoms with van der Waals surface area (Å²) in [5, 5.41) is 1.18. The monoisotopic (exact) mass is 399 g/mol. The molecule has 0 amide bonds. The summed E-state index contributed by atoms with van der Waals surface area (Å²) < 4.78 is 0. The van der Waals surface area contributed by atoms with Gasteiger partial charge in [0.25, 0.3) is 0 Å². The van der Waals surface area contributed by atoms with Crippen molar-refractivity contribution in [2.45, 2.75) is 50.4 Å². The van der Waals surface area contributed by atoms with Crippen LogP contribution in [0.25, 0.3) is 22.2 Å². The average Bonchev–Trinajstić information content (AvgIpc) is 3.26. The Kier molecular flexibility index (Phi) is 4.14. The third-order valence-electron chi connectivity index (χ3n) is 7.96. The maximum Gasteiger partial charge on any atom is 0.164 e. The van der Waals surface area contributed by atoms with E-state index < -0.39 is 0 Å². The van der Waals surface area contributed by atoms with Crippen molar-refractivity contribution in [3.05, 3.63) is 53.3 Å². The van der Waals surface area contributed by atoms with E-state index in [1.807, 2.05) is 0 Å². The Hall–Kier alpha value is -2.46. The molecule has 4 heteroatoms. The van der Waals surface area contributed by atoms with Crippen LogP contribution >= 0.6 is 0 Å².